The number of nitrogens with zero attached hydrogens (tertiary/aromatic N) is 2. The van der Waals surface area contributed by atoms with Crippen LogP contribution in [0.1, 0.15) is 17.0 Å². The van der Waals surface area contributed by atoms with Crippen LogP contribution in [-0.2, 0) is 23.9 Å². The number of carbonyl (C=O) groups excluding carboxylic acids is 1. The summed E-state index contributed by atoms with van der Waals surface area (Å²) in [6, 6.07) is 0. The number of amides is 1. The van der Waals surface area contributed by atoms with Crippen LogP contribution < -0.4 is 0 Å². The highest BCUT2D eigenvalue weighted by Crippen LogP contribution is 2.33. The zero-order valence-electron chi connectivity index (χ0n) is 8.84. The molecule has 0 radical (unpaired) electrons. The number of fused-ring (bicyclic) bond motifs is 1. The van der Waals surface area contributed by atoms with Crippen LogP contribution in [0.25, 0.3) is 0 Å². The SMILES string of the molecule is C=CC(=O)N1CCc2[nH]nc(C(F)(F)F)c2C1. The van der Waals surface area contributed by atoms with E-state index in [0.29, 0.717) is 18.7 Å². The first-order valence-corrected chi connectivity index (χ1v) is 4.98. The number of carbonyl (C=O) groups is 1. The number of hydrogen-bond donors (Lipinski definition) is 1. The van der Waals surface area contributed by atoms with Crippen LogP contribution in [0.15, 0.2) is 12.7 Å². The summed E-state index contributed by atoms with van der Waals surface area (Å²) in [6.07, 6.45) is -3.05. The molecule has 0 saturated heterocycles. The normalized spacial score (nSPS) is 15.6. The lowest BCUT2D eigenvalue weighted by Gasteiger charge is -2.26. The van der Waals surface area contributed by atoms with Gasteiger partial charge in [0.05, 0.1) is 0 Å². The summed E-state index contributed by atoms with van der Waals surface area (Å²) in [5.41, 5.74) is -0.432. The van der Waals surface area contributed by atoms with E-state index in [4.69, 9.17) is 0 Å². The molecule has 0 aromatic carbocycles. The van der Waals surface area contributed by atoms with Crippen molar-refractivity contribution in [3.05, 3.63) is 29.6 Å². The quantitative estimate of drug-likeness (QED) is 0.762. The Hall–Kier alpha value is -1.79. The van der Waals surface area contributed by atoms with Crippen molar-refractivity contribution < 1.29 is 18.0 Å². The number of alkyl halides is 3. The van der Waals surface area contributed by atoms with Crippen LogP contribution >= 0.6 is 0 Å². The molecule has 2 heterocycles. The van der Waals surface area contributed by atoms with Gasteiger partial charge in [-0.1, -0.05) is 6.58 Å². The van der Waals surface area contributed by atoms with E-state index in [1.165, 1.54) is 4.90 Å². The molecule has 1 amide bonds. The third-order valence-electron chi connectivity index (χ3n) is 2.69. The van der Waals surface area contributed by atoms with E-state index < -0.39 is 11.9 Å². The first kappa shape index (κ1) is 11.7. The fraction of sp³-hybridized carbons (Fsp3) is 0.400. The summed E-state index contributed by atoms with van der Waals surface area (Å²) in [6.45, 7) is 3.61. The summed E-state index contributed by atoms with van der Waals surface area (Å²) in [7, 11) is 0. The van der Waals surface area contributed by atoms with Crippen molar-refractivity contribution in [2.45, 2.75) is 19.1 Å². The highest BCUT2D eigenvalue weighted by atomic mass is 19.4. The summed E-state index contributed by atoms with van der Waals surface area (Å²) in [5.74, 6) is -0.370. The topological polar surface area (TPSA) is 49.0 Å². The average molecular weight is 245 g/mol. The fourth-order valence-corrected chi connectivity index (χ4v) is 1.85. The minimum atomic E-state index is -4.50. The molecule has 7 heteroatoms. The molecule has 1 aromatic heterocycles. The molecule has 1 N–H and O–H groups in total. The Morgan fingerprint density at radius 2 is 2.24 bits per heavy atom. The third kappa shape index (κ3) is 2.04. The van der Waals surface area contributed by atoms with Crippen molar-refractivity contribution in [1.29, 1.82) is 0 Å². The molecule has 1 aromatic rings. The maximum atomic E-state index is 12.6. The Labute approximate surface area is 95.1 Å². The minimum Gasteiger partial charge on any atom is -0.334 e. The smallest absolute Gasteiger partial charge is 0.334 e. The molecular weight excluding hydrogens is 235 g/mol. The molecule has 4 nitrogen and oxygen atoms in total. The highest BCUT2D eigenvalue weighted by Gasteiger charge is 2.39. The van der Waals surface area contributed by atoms with Gasteiger partial charge in [0.1, 0.15) is 0 Å². The van der Waals surface area contributed by atoms with Gasteiger partial charge in [-0.05, 0) is 6.08 Å². The van der Waals surface area contributed by atoms with Crippen molar-refractivity contribution in [3.8, 4) is 0 Å². The summed E-state index contributed by atoms with van der Waals surface area (Å²) >= 11 is 0. The Balaban J connectivity index is 2.32. The van der Waals surface area contributed by atoms with Crippen molar-refractivity contribution in [3.63, 3.8) is 0 Å². The number of H-pyrrole nitrogens is 1. The van der Waals surface area contributed by atoms with Crippen LogP contribution in [0.4, 0.5) is 13.2 Å². The monoisotopic (exact) mass is 245 g/mol. The molecule has 0 saturated carbocycles. The lowest BCUT2D eigenvalue weighted by molar-refractivity contribution is -0.142. The van der Waals surface area contributed by atoms with Crippen LogP contribution in [0.2, 0.25) is 0 Å². The Kier molecular flexibility index (Phi) is 2.68. The second kappa shape index (κ2) is 3.90. The first-order chi connectivity index (χ1) is 7.93. The summed E-state index contributed by atoms with van der Waals surface area (Å²) in [5, 5.41) is 5.65. The standard InChI is InChI=1S/C10H10F3N3O/c1-2-8(17)16-4-3-7-6(5-16)9(15-14-7)10(11,12)13/h2H,1,3-5H2,(H,14,15). The van der Waals surface area contributed by atoms with Gasteiger partial charge in [0, 0.05) is 30.8 Å². The molecule has 1 aliphatic rings. The van der Waals surface area contributed by atoms with E-state index in [1.54, 1.807) is 0 Å². The van der Waals surface area contributed by atoms with Crippen molar-refractivity contribution in [2.24, 2.45) is 0 Å². The molecule has 0 aliphatic carbocycles. The van der Waals surface area contributed by atoms with Crippen molar-refractivity contribution in [1.82, 2.24) is 15.1 Å². The van der Waals surface area contributed by atoms with Gasteiger partial charge in [-0.25, -0.2) is 0 Å². The molecule has 0 fully saturated rings. The average Bonchev–Trinajstić information content (AvgIpc) is 2.70. The third-order valence-corrected chi connectivity index (χ3v) is 2.69. The molecule has 17 heavy (non-hydrogen) atoms. The summed E-state index contributed by atoms with van der Waals surface area (Å²) < 4.78 is 37.8. The zero-order valence-corrected chi connectivity index (χ0v) is 8.84. The zero-order chi connectivity index (χ0) is 12.6. The van der Waals surface area contributed by atoms with Gasteiger partial charge in [-0.3, -0.25) is 9.89 Å². The maximum absolute atomic E-state index is 12.6. The Morgan fingerprint density at radius 1 is 1.53 bits per heavy atom. The highest BCUT2D eigenvalue weighted by molar-refractivity contribution is 5.87. The molecule has 1 aliphatic heterocycles. The Bertz CT molecular complexity index is 464. The van der Waals surface area contributed by atoms with Crippen LogP contribution in [0, 0.1) is 0 Å². The van der Waals surface area contributed by atoms with E-state index in [9.17, 15) is 18.0 Å². The number of halogens is 3. The van der Waals surface area contributed by atoms with E-state index in [1.807, 2.05) is 0 Å². The van der Waals surface area contributed by atoms with E-state index >= 15 is 0 Å². The molecule has 0 spiro atoms. The van der Waals surface area contributed by atoms with Crippen molar-refractivity contribution >= 4 is 5.91 Å². The van der Waals surface area contributed by atoms with E-state index in [-0.39, 0.29) is 18.0 Å². The minimum absolute atomic E-state index is 0.0546. The van der Waals surface area contributed by atoms with Gasteiger partial charge in [0.15, 0.2) is 5.69 Å². The molecule has 2 rings (SSSR count). The molecule has 92 valence electrons. The molecule has 0 atom stereocenters. The van der Waals surface area contributed by atoms with Gasteiger partial charge >= 0.3 is 6.18 Å². The molecule has 0 bridgehead atoms. The molecular formula is C10H10F3N3O. The number of rotatable bonds is 1. The van der Waals surface area contributed by atoms with Gasteiger partial charge in [0.2, 0.25) is 5.91 Å². The predicted molar refractivity (Wildman–Crippen MR) is 52.9 cm³/mol. The van der Waals surface area contributed by atoms with E-state index in [2.05, 4.69) is 16.8 Å². The Morgan fingerprint density at radius 3 is 2.82 bits per heavy atom. The maximum Gasteiger partial charge on any atom is 0.435 e. The van der Waals surface area contributed by atoms with Crippen LogP contribution in [0.3, 0.4) is 0 Å². The van der Waals surface area contributed by atoms with E-state index in [0.717, 1.165) is 6.08 Å². The number of aromatic amines is 1. The van der Waals surface area contributed by atoms with Gasteiger partial charge in [-0.2, -0.15) is 18.3 Å². The van der Waals surface area contributed by atoms with Crippen LogP contribution in [0.5, 0.6) is 0 Å². The van der Waals surface area contributed by atoms with Gasteiger partial charge < -0.3 is 4.90 Å². The number of aromatic nitrogens is 2. The molecule has 0 unspecified atom stereocenters. The first-order valence-electron chi connectivity index (χ1n) is 4.98. The number of nitrogens with one attached hydrogen (secondary N) is 1. The second-order valence-corrected chi connectivity index (χ2v) is 3.74. The lowest BCUT2D eigenvalue weighted by atomic mass is 10.1. The summed E-state index contributed by atoms with van der Waals surface area (Å²) in [4.78, 5) is 12.7. The predicted octanol–water partition coefficient (Wildman–Crippen LogP) is 1.50. The fourth-order valence-electron chi connectivity index (χ4n) is 1.85. The van der Waals surface area contributed by atoms with Gasteiger partial charge in [-0.15, -0.1) is 0 Å². The van der Waals surface area contributed by atoms with Crippen LogP contribution in [-0.4, -0.2) is 27.5 Å². The largest absolute Gasteiger partial charge is 0.435 e. The second-order valence-electron chi connectivity index (χ2n) is 3.74. The van der Waals surface area contributed by atoms with Crippen molar-refractivity contribution in [2.75, 3.05) is 6.54 Å². The lowest BCUT2D eigenvalue weighted by Crippen LogP contribution is -2.35. The van der Waals surface area contributed by atoms with Gasteiger partial charge in [0.25, 0.3) is 0 Å². The number of hydrogen-bond acceptors (Lipinski definition) is 2.